The lowest BCUT2D eigenvalue weighted by Gasteiger charge is -2.30. The highest BCUT2D eigenvalue weighted by Gasteiger charge is 2.39. The molecule has 0 radical (unpaired) electrons. The molecular weight excluding hydrogens is 874 g/mol. The van der Waals surface area contributed by atoms with Gasteiger partial charge in [-0.25, -0.2) is 43.9 Å². The largest absolute Gasteiger partial charge is 0.512 e. The Kier molecular flexibility index (Phi) is 13.5. The Morgan fingerprint density at radius 3 is 1.33 bits per heavy atom. The number of ether oxygens (including phenoxy) is 4. The van der Waals surface area contributed by atoms with Crippen LogP contribution in [0.2, 0.25) is 0 Å². The van der Waals surface area contributed by atoms with Gasteiger partial charge in [0.25, 0.3) is 23.7 Å². The third kappa shape index (κ3) is 10.7. The van der Waals surface area contributed by atoms with Gasteiger partial charge in [0.15, 0.2) is 24.1 Å². The summed E-state index contributed by atoms with van der Waals surface area (Å²) in [5.74, 6) is -2.61. The molecule has 2 amide bonds. The van der Waals surface area contributed by atoms with Crippen molar-refractivity contribution < 1.29 is 59.7 Å². The van der Waals surface area contributed by atoms with E-state index in [2.05, 4.69) is 61.2 Å². The Balaban J connectivity index is 1.26. The maximum atomic E-state index is 14.3. The van der Waals surface area contributed by atoms with Gasteiger partial charge >= 0.3 is 18.5 Å². The number of aryl methyl sites for hydroxylation is 4. The van der Waals surface area contributed by atoms with E-state index in [1.165, 1.54) is 36.1 Å². The number of hydrogen-bond acceptors (Lipinski definition) is 19. The quantitative estimate of drug-likeness (QED) is 0.0764. The van der Waals surface area contributed by atoms with E-state index in [1.54, 1.807) is 14.1 Å². The number of halogens is 6. The standard InChI is InChI=1S/C33H34F6N18O7/c1-17(56(29-44-48-50-54(29)5)27(58)19-7-9-23(32(34,35)36)42-21(19)11-61-13-25-40-15-52(3)46-25)63-31(60)64-18(2)57(30-45-49-51-55(30)6)28(59)20-8-10-24(33(37,38)39)43-22(20)12-62-14-26-41-16-53(4)47-26/h7-10,15-18H,11-14H2,1-6H3. The molecule has 64 heavy (non-hydrogen) atoms. The smallest absolute Gasteiger partial charge is 0.410 e. The number of carbonyl (C=O) groups is 3. The molecule has 2 atom stereocenters. The minimum absolute atomic E-state index is 0.180. The molecule has 2 unspecified atom stereocenters. The zero-order chi connectivity index (χ0) is 46.5. The maximum absolute atomic E-state index is 14.3. The molecule has 6 aromatic rings. The zero-order valence-corrected chi connectivity index (χ0v) is 34.1. The molecule has 0 aliphatic carbocycles. The topological polar surface area (TPSA) is 269 Å². The molecule has 0 fully saturated rings. The van der Waals surface area contributed by atoms with Gasteiger partial charge in [-0.15, -0.1) is 0 Å². The number of aromatic nitrogens is 16. The summed E-state index contributed by atoms with van der Waals surface area (Å²) in [5.41, 5.74) is -4.57. The molecule has 6 heterocycles. The normalized spacial score (nSPS) is 12.8. The van der Waals surface area contributed by atoms with E-state index in [-0.39, 0.29) is 36.8 Å². The number of carbonyl (C=O) groups excluding carboxylic acids is 3. The van der Waals surface area contributed by atoms with Crippen LogP contribution in [-0.2, 0) is 85.9 Å². The van der Waals surface area contributed by atoms with Crippen molar-refractivity contribution in [2.24, 2.45) is 28.2 Å². The van der Waals surface area contributed by atoms with Gasteiger partial charge in [0, 0.05) is 28.2 Å². The monoisotopic (exact) mass is 908 g/mol. The molecule has 25 nitrogen and oxygen atoms in total. The molecule has 0 aliphatic heterocycles. The van der Waals surface area contributed by atoms with Crippen LogP contribution in [0.3, 0.4) is 0 Å². The summed E-state index contributed by atoms with van der Waals surface area (Å²) >= 11 is 0. The third-order valence-electron chi connectivity index (χ3n) is 8.55. The van der Waals surface area contributed by atoms with Crippen LogP contribution in [0.25, 0.3) is 0 Å². The number of pyridine rings is 2. The number of anilines is 2. The van der Waals surface area contributed by atoms with E-state index in [0.29, 0.717) is 21.9 Å². The minimum atomic E-state index is -4.92. The van der Waals surface area contributed by atoms with E-state index >= 15 is 0 Å². The van der Waals surface area contributed by atoms with E-state index < -0.39 is 89.9 Å². The minimum Gasteiger partial charge on any atom is -0.410 e. The predicted octanol–water partition coefficient (Wildman–Crippen LogP) is 2.09. The number of hydrogen-bond donors (Lipinski definition) is 0. The summed E-state index contributed by atoms with van der Waals surface area (Å²) in [4.78, 5) is 58.7. The number of amides is 2. The highest BCUT2D eigenvalue weighted by molar-refractivity contribution is 6.07. The van der Waals surface area contributed by atoms with E-state index in [1.807, 2.05) is 0 Å². The van der Waals surface area contributed by atoms with Gasteiger partial charge < -0.3 is 18.9 Å². The number of nitrogens with zero attached hydrogens (tertiary/aromatic N) is 18. The lowest BCUT2D eigenvalue weighted by molar-refractivity contribution is -0.142. The van der Waals surface area contributed by atoms with Crippen LogP contribution in [0, 0.1) is 0 Å². The van der Waals surface area contributed by atoms with Crippen LogP contribution < -0.4 is 9.80 Å². The number of alkyl halides is 6. The highest BCUT2D eigenvalue weighted by Crippen LogP contribution is 2.31. The van der Waals surface area contributed by atoms with E-state index in [0.717, 1.165) is 35.3 Å². The summed E-state index contributed by atoms with van der Waals surface area (Å²) in [7, 11) is 5.78. The Morgan fingerprint density at radius 2 is 1.02 bits per heavy atom. The van der Waals surface area contributed by atoms with Crippen molar-refractivity contribution in [3.63, 3.8) is 0 Å². The van der Waals surface area contributed by atoms with Gasteiger partial charge in [0.1, 0.15) is 37.3 Å². The Bertz CT molecular complexity index is 2440. The van der Waals surface area contributed by atoms with Crippen molar-refractivity contribution in [2.45, 2.75) is 65.1 Å². The van der Waals surface area contributed by atoms with Gasteiger partial charge in [-0.2, -0.15) is 36.5 Å². The Labute approximate surface area is 354 Å². The molecule has 0 saturated carbocycles. The predicted molar refractivity (Wildman–Crippen MR) is 195 cm³/mol. The molecule has 6 aromatic heterocycles. The van der Waals surface area contributed by atoms with Crippen molar-refractivity contribution in [1.29, 1.82) is 0 Å². The summed E-state index contributed by atoms with van der Waals surface area (Å²) in [6, 6.07) is 2.78. The lowest BCUT2D eigenvalue weighted by Crippen LogP contribution is -2.46. The summed E-state index contributed by atoms with van der Waals surface area (Å²) in [6.07, 6.45) is -12.1. The summed E-state index contributed by atoms with van der Waals surface area (Å²) < 4.78 is 109. The van der Waals surface area contributed by atoms with E-state index in [9.17, 15) is 40.7 Å². The molecule has 340 valence electrons. The van der Waals surface area contributed by atoms with E-state index in [4.69, 9.17) is 18.9 Å². The second kappa shape index (κ2) is 18.8. The molecule has 0 aromatic carbocycles. The average Bonchev–Trinajstić information content (AvgIpc) is 4.04. The first-order chi connectivity index (χ1) is 30.2. The van der Waals surface area contributed by atoms with Crippen molar-refractivity contribution in [1.82, 2.24) is 79.9 Å². The Morgan fingerprint density at radius 1 is 0.625 bits per heavy atom. The molecule has 0 aliphatic rings. The zero-order valence-electron chi connectivity index (χ0n) is 34.1. The van der Waals surface area contributed by atoms with Crippen molar-refractivity contribution >= 4 is 29.9 Å². The fourth-order valence-corrected chi connectivity index (χ4v) is 5.67. The molecule has 6 rings (SSSR count). The molecule has 0 N–H and O–H groups in total. The third-order valence-corrected chi connectivity index (χ3v) is 8.55. The van der Waals surface area contributed by atoms with Crippen LogP contribution in [-0.4, -0.2) is 110 Å². The summed E-state index contributed by atoms with van der Waals surface area (Å²) in [6.45, 7) is 0.487. The number of rotatable bonds is 16. The second-order valence-electron chi connectivity index (χ2n) is 13.3. The fraction of sp³-hybridized carbons (Fsp3) is 0.424. The molecule has 31 heteroatoms. The first-order valence-corrected chi connectivity index (χ1v) is 18.2. The molecular formula is C33H34F6N18O7. The van der Waals surface area contributed by atoms with Crippen LogP contribution in [0.5, 0.6) is 0 Å². The maximum Gasteiger partial charge on any atom is 0.512 e. The Hall–Kier alpha value is -7.57. The fourth-order valence-electron chi connectivity index (χ4n) is 5.67. The van der Waals surface area contributed by atoms with Gasteiger partial charge in [0.05, 0.1) is 35.7 Å². The summed E-state index contributed by atoms with van der Waals surface area (Å²) in [5, 5.41) is 30.0. The van der Waals surface area contributed by atoms with Gasteiger partial charge in [-0.05, 0) is 59.0 Å². The number of tetrazole rings is 2. The van der Waals surface area contributed by atoms with Crippen molar-refractivity contribution in [3.8, 4) is 0 Å². The van der Waals surface area contributed by atoms with Crippen molar-refractivity contribution in [3.05, 3.63) is 82.5 Å². The molecule has 0 saturated heterocycles. The first kappa shape index (κ1) is 45.9. The molecule has 0 spiro atoms. The van der Waals surface area contributed by atoms with Crippen LogP contribution in [0.1, 0.15) is 69.0 Å². The lowest BCUT2D eigenvalue weighted by atomic mass is 10.1. The highest BCUT2D eigenvalue weighted by atomic mass is 19.4. The SMILES string of the molecule is CC(OC(=O)OC(C)N(C(=O)c1ccc(C(F)(F)F)nc1COCc1ncn(C)n1)c1nnnn1C)N(C(=O)c1ccc(C(F)(F)F)nc1COCc1ncn(C)n1)c1nnnn1C. The van der Waals surface area contributed by atoms with Crippen molar-refractivity contribution in [2.75, 3.05) is 9.80 Å². The average molecular weight is 909 g/mol. The van der Waals surface area contributed by atoms with Crippen LogP contribution >= 0.6 is 0 Å². The molecule has 0 bridgehead atoms. The van der Waals surface area contributed by atoms with Crippen LogP contribution in [0.4, 0.5) is 43.0 Å². The van der Waals surface area contributed by atoms with Gasteiger partial charge in [-0.1, -0.05) is 10.2 Å². The second-order valence-corrected chi connectivity index (χ2v) is 13.3. The van der Waals surface area contributed by atoms with Crippen LogP contribution in [0.15, 0.2) is 36.9 Å². The van der Waals surface area contributed by atoms with Gasteiger partial charge in [0.2, 0.25) is 0 Å². The first-order valence-electron chi connectivity index (χ1n) is 18.2. The van der Waals surface area contributed by atoms with Gasteiger partial charge in [-0.3, -0.25) is 19.0 Å².